The highest BCUT2D eigenvalue weighted by Crippen LogP contribution is 2.38. The third-order valence-corrected chi connectivity index (χ3v) is 5.55. The van der Waals surface area contributed by atoms with Gasteiger partial charge in [0.05, 0.1) is 17.3 Å². The van der Waals surface area contributed by atoms with Crippen LogP contribution in [0, 0.1) is 0 Å². The van der Waals surface area contributed by atoms with E-state index in [1.165, 1.54) is 11.0 Å². The summed E-state index contributed by atoms with van der Waals surface area (Å²) in [6, 6.07) is 21.9. The number of halogens is 1. The van der Waals surface area contributed by atoms with Crippen molar-refractivity contribution in [1.29, 1.82) is 0 Å². The minimum absolute atomic E-state index is 0.0241. The summed E-state index contributed by atoms with van der Waals surface area (Å²) in [5, 5.41) is 2.90. The fraction of sp³-hybridized carbons (Fsp3) is 0.115. The van der Waals surface area contributed by atoms with Crippen molar-refractivity contribution in [3.8, 4) is 11.5 Å². The summed E-state index contributed by atoms with van der Waals surface area (Å²) in [4.78, 5) is 27.1. The first-order valence-corrected chi connectivity index (χ1v) is 11.4. The molecule has 0 aliphatic carbocycles. The molecule has 1 fully saturated rings. The number of anilines is 1. The summed E-state index contributed by atoms with van der Waals surface area (Å²) in [6.07, 6.45) is 1.46. The molecule has 3 aromatic rings. The maximum Gasteiger partial charge on any atom is 0.270 e. The van der Waals surface area contributed by atoms with Crippen molar-refractivity contribution in [2.75, 3.05) is 11.5 Å². The predicted octanol–water partition coefficient (Wildman–Crippen LogP) is 5.15. The fourth-order valence-corrected chi connectivity index (χ4v) is 3.99. The monoisotopic (exact) mass is 492 g/mol. The molecule has 0 aromatic heterocycles. The molecule has 8 heteroatoms. The van der Waals surface area contributed by atoms with Gasteiger partial charge in [0.1, 0.15) is 12.2 Å². The van der Waals surface area contributed by atoms with Gasteiger partial charge in [0.15, 0.2) is 16.6 Å². The molecule has 3 aromatic carbocycles. The predicted molar refractivity (Wildman–Crippen MR) is 136 cm³/mol. The third kappa shape index (κ3) is 5.11. The highest BCUT2D eigenvalue weighted by Gasteiger charge is 2.34. The molecular formula is C26H21ClN2O4S. The first-order valence-electron chi connectivity index (χ1n) is 10.6. The molecule has 4 rings (SSSR count). The summed E-state index contributed by atoms with van der Waals surface area (Å²) in [6.45, 7) is 2.54. The lowest BCUT2D eigenvalue weighted by Gasteiger charge is -2.28. The zero-order valence-electron chi connectivity index (χ0n) is 18.3. The second-order valence-electron chi connectivity index (χ2n) is 7.33. The average Bonchev–Trinajstić information content (AvgIpc) is 2.83. The van der Waals surface area contributed by atoms with E-state index in [4.69, 9.17) is 33.3 Å². The van der Waals surface area contributed by atoms with E-state index in [1.54, 1.807) is 36.4 Å². The van der Waals surface area contributed by atoms with Gasteiger partial charge in [0, 0.05) is 0 Å². The molecular weight excluding hydrogens is 472 g/mol. The molecule has 0 unspecified atom stereocenters. The maximum absolute atomic E-state index is 13.2. The molecule has 1 aliphatic heterocycles. The Hall–Kier alpha value is -3.68. The Morgan fingerprint density at radius 3 is 2.35 bits per heavy atom. The normalized spacial score (nSPS) is 14.8. The summed E-state index contributed by atoms with van der Waals surface area (Å²) in [7, 11) is 0. The van der Waals surface area contributed by atoms with Crippen LogP contribution in [-0.4, -0.2) is 23.5 Å². The topological polar surface area (TPSA) is 67.9 Å². The summed E-state index contributed by atoms with van der Waals surface area (Å²) in [5.41, 5.74) is 1.98. The highest BCUT2D eigenvalue weighted by molar-refractivity contribution is 7.80. The molecule has 0 radical (unpaired) electrons. The van der Waals surface area contributed by atoms with E-state index in [0.717, 1.165) is 5.56 Å². The Morgan fingerprint density at radius 1 is 1.00 bits per heavy atom. The number of thiocarbonyl (C=S) groups is 1. The standard InChI is InChI=1S/C26H21ClN2O4S/c1-2-32-22-15-18(14-21(27)23(22)33-16-17-9-5-3-6-10-17)13-20-24(30)28-26(34)29(25(20)31)19-11-7-4-8-12-19/h3-15H,2,16H2,1H3,(H,28,30,34)/b20-13-. The fourth-order valence-electron chi connectivity index (χ4n) is 3.44. The smallest absolute Gasteiger partial charge is 0.270 e. The van der Waals surface area contributed by atoms with E-state index in [1.807, 2.05) is 43.3 Å². The number of nitrogens with one attached hydrogen (secondary N) is 1. The van der Waals surface area contributed by atoms with Gasteiger partial charge in [-0.15, -0.1) is 0 Å². The van der Waals surface area contributed by atoms with Crippen LogP contribution in [0.2, 0.25) is 5.02 Å². The number of benzene rings is 3. The van der Waals surface area contributed by atoms with Crippen LogP contribution in [0.15, 0.2) is 78.4 Å². The molecule has 1 saturated heterocycles. The number of nitrogens with zero attached hydrogens (tertiary/aromatic N) is 1. The van der Waals surface area contributed by atoms with E-state index in [2.05, 4.69) is 5.32 Å². The van der Waals surface area contributed by atoms with Crippen molar-refractivity contribution in [3.63, 3.8) is 0 Å². The van der Waals surface area contributed by atoms with Crippen molar-refractivity contribution >= 4 is 52.5 Å². The van der Waals surface area contributed by atoms with E-state index in [-0.39, 0.29) is 10.7 Å². The quantitative estimate of drug-likeness (QED) is 0.281. The maximum atomic E-state index is 13.2. The zero-order chi connectivity index (χ0) is 24.1. The summed E-state index contributed by atoms with van der Waals surface area (Å²) >= 11 is 11.8. The Morgan fingerprint density at radius 2 is 1.68 bits per heavy atom. The molecule has 6 nitrogen and oxygen atoms in total. The van der Waals surface area contributed by atoms with Crippen LogP contribution < -0.4 is 19.7 Å². The number of amides is 2. The van der Waals surface area contributed by atoms with Crippen LogP contribution in [0.3, 0.4) is 0 Å². The van der Waals surface area contributed by atoms with Gasteiger partial charge < -0.3 is 9.47 Å². The first kappa shape index (κ1) is 23.5. The molecule has 1 heterocycles. The number of hydrogen-bond acceptors (Lipinski definition) is 5. The number of ether oxygens (including phenoxy) is 2. The molecule has 0 atom stereocenters. The molecule has 34 heavy (non-hydrogen) atoms. The minimum Gasteiger partial charge on any atom is -0.490 e. The van der Waals surface area contributed by atoms with Gasteiger partial charge in [0.25, 0.3) is 11.8 Å². The SMILES string of the molecule is CCOc1cc(/C=C2/C(=O)NC(=S)N(c3ccccc3)C2=O)cc(Cl)c1OCc1ccccc1. The second kappa shape index (κ2) is 10.5. The molecule has 0 saturated carbocycles. The molecule has 1 aliphatic rings. The van der Waals surface area contributed by atoms with Crippen LogP contribution in [0.1, 0.15) is 18.1 Å². The van der Waals surface area contributed by atoms with Gasteiger partial charge in [-0.3, -0.25) is 19.8 Å². The average molecular weight is 493 g/mol. The lowest BCUT2D eigenvalue weighted by atomic mass is 10.1. The van der Waals surface area contributed by atoms with Gasteiger partial charge in [-0.25, -0.2) is 0 Å². The largest absolute Gasteiger partial charge is 0.490 e. The lowest BCUT2D eigenvalue weighted by Crippen LogP contribution is -2.54. The van der Waals surface area contributed by atoms with Crippen LogP contribution >= 0.6 is 23.8 Å². The first-order chi connectivity index (χ1) is 16.5. The van der Waals surface area contributed by atoms with E-state index in [0.29, 0.717) is 41.0 Å². The minimum atomic E-state index is -0.583. The third-order valence-electron chi connectivity index (χ3n) is 4.98. The number of carbonyl (C=O) groups is 2. The van der Waals surface area contributed by atoms with Crippen LogP contribution in [-0.2, 0) is 16.2 Å². The van der Waals surface area contributed by atoms with Crippen molar-refractivity contribution in [2.24, 2.45) is 0 Å². The zero-order valence-corrected chi connectivity index (χ0v) is 19.9. The summed E-state index contributed by atoms with van der Waals surface area (Å²) in [5.74, 6) is -0.308. The molecule has 0 bridgehead atoms. The number of carbonyl (C=O) groups excluding carboxylic acids is 2. The van der Waals surface area contributed by atoms with Gasteiger partial charge in [0.2, 0.25) is 0 Å². The number of para-hydroxylation sites is 1. The van der Waals surface area contributed by atoms with Crippen molar-refractivity contribution in [3.05, 3.63) is 94.5 Å². The van der Waals surface area contributed by atoms with Gasteiger partial charge in [-0.1, -0.05) is 60.1 Å². The molecule has 172 valence electrons. The van der Waals surface area contributed by atoms with Gasteiger partial charge in [-0.05, 0) is 60.6 Å². The number of hydrogen-bond donors (Lipinski definition) is 1. The van der Waals surface area contributed by atoms with Crippen molar-refractivity contribution in [1.82, 2.24) is 5.32 Å². The van der Waals surface area contributed by atoms with E-state index < -0.39 is 11.8 Å². The molecule has 0 spiro atoms. The van der Waals surface area contributed by atoms with Crippen LogP contribution in [0.5, 0.6) is 11.5 Å². The second-order valence-corrected chi connectivity index (χ2v) is 8.12. The number of rotatable bonds is 7. The molecule has 1 N–H and O–H groups in total. The van der Waals surface area contributed by atoms with Crippen LogP contribution in [0.4, 0.5) is 5.69 Å². The summed E-state index contributed by atoms with van der Waals surface area (Å²) < 4.78 is 11.7. The Bertz CT molecular complexity index is 1260. The van der Waals surface area contributed by atoms with Crippen LogP contribution in [0.25, 0.3) is 6.08 Å². The van der Waals surface area contributed by atoms with Gasteiger partial charge >= 0.3 is 0 Å². The van der Waals surface area contributed by atoms with Gasteiger partial charge in [-0.2, -0.15) is 0 Å². The van der Waals surface area contributed by atoms with Crippen molar-refractivity contribution < 1.29 is 19.1 Å². The highest BCUT2D eigenvalue weighted by atomic mass is 35.5. The Balaban J connectivity index is 1.66. The van der Waals surface area contributed by atoms with E-state index >= 15 is 0 Å². The van der Waals surface area contributed by atoms with Crippen molar-refractivity contribution in [2.45, 2.75) is 13.5 Å². The van der Waals surface area contributed by atoms with E-state index in [9.17, 15) is 9.59 Å². The Labute approximate surface area is 207 Å². The Kier molecular flexibility index (Phi) is 7.25. The molecule has 2 amide bonds. The lowest BCUT2D eigenvalue weighted by molar-refractivity contribution is -0.122.